The van der Waals surface area contributed by atoms with E-state index in [1.165, 1.54) is 0 Å². The molecule has 0 bridgehead atoms. The van der Waals surface area contributed by atoms with Crippen LogP contribution < -0.4 is 10.5 Å². The third kappa shape index (κ3) is 3.15. The number of hydrogen-bond donors (Lipinski definition) is 2. The molecule has 0 saturated heterocycles. The Labute approximate surface area is 201 Å². The molecule has 0 saturated carbocycles. The van der Waals surface area contributed by atoms with E-state index in [1.54, 1.807) is 7.11 Å². The molecule has 3 aromatic carbocycles. The standard InChI is InChI=1S/C28H25N5O2/c1-5-24-31-27(18-10-11-21(29)17-9-7-6-8-16(17)18)26-19-13-23(34-4)20(12-22(19)30-28(26)32-24)25-14(2)33-35-15(25)3/h6-13H,5,29H2,1-4H3,(H,30,31,32). The Hall–Kier alpha value is -4.39. The number of methoxy groups -OCH3 is 1. The number of benzene rings is 3. The lowest BCUT2D eigenvalue weighted by Crippen LogP contribution is -1.98. The molecule has 0 atom stereocenters. The maximum absolute atomic E-state index is 6.30. The molecular weight excluding hydrogens is 438 g/mol. The maximum Gasteiger partial charge on any atom is 0.142 e. The number of aromatic amines is 1. The molecular formula is C28H25N5O2. The molecule has 3 N–H and O–H groups in total. The predicted molar refractivity (Wildman–Crippen MR) is 140 cm³/mol. The maximum atomic E-state index is 6.30. The molecule has 7 nitrogen and oxygen atoms in total. The molecule has 3 aromatic heterocycles. The monoisotopic (exact) mass is 463 g/mol. The topological polar surface area (TPSA) is 103 Å². The Morgan fingerprint density at radius 1 is 0.971 bits per heavy atom. The van der Waals surface area contributed by atoms with Crippen LogP contribution in [0.5, 0.6) is 5.75 Å². The molecule has 3 heterocycles. The third-order valence-corrected chi connectivity index (χ3v) is 6.65. The van der Waals surface area contributed by atoms with Crippen LogP contribution in [0.15, 0.2) is 53.1 Å². The summed E-state index contributed by atoms with van der Waals surface area (Å²) in [5, 5.41) is 8.14. The van der Waals surface area contributed by atoms with Gasteiger partial charge in [0, 0.05) is 39.5 Å². The van der Waals surface area contributed by atoms with Gasteiger partial charge in [-0.2, -0.15) is 0 Å². The molecule has 0 radical (unpaired) electrons. The van der Waals surface area contributed by atoms with Crippen molar-refractivity contribution in [2.45, 2.75) is 27.2 Å². The molecule has 0 unspecified atom stereocenters. The van der Waals surface area contributed by atoms with Crippen molar-refractivity contribution in [2.24, 2.45) is 0 Å². The Morgan fingerprint density at radius 3 is 2.49 bits per heavy atom. The molecule has 7 heteroatoms. The number of ether oxygens (including phenoxy) is 1. The van der Waals surface area contributed by atoms with E-state index >= 15 is 0 Å². The number of nitrogen functional groups attached to an aromatic ring is 1. The first-order valence-corrected chi connectivity index (χ1v) is 11.6. The van der Waals surface area contributed by atoms with Crippen molar-refractivity contribution in [1.82, 2.24) is 20.1 Å². The summed E-state index contributed by atoms with van der Waals surface area (Å²) >= 11 is 0. The van der Waals surface area contributed by atoms with Gasteiger partial charge < -0.3 is 20.0 Å². The van der Waals surface area contributed by atoms with Gasteiger partial charge in [0.15, 0.2) is 0 Å². The first-order chi connectivity index (χ1) is 17.0. The molecule has 35 heavy (non-hydrogen) atoms. The van der Waals surface area contributed by atoms with Crippen molar-refractivity contribution in [2.75, 3.05) is 12.8 Å². The fourth-order valence-electron chi connectivity index (χ4n) is 4.98. The summed E-state index contributed by atoms with van der Waals surface area (Å²) in [5.74, 6) is 2.26. The minimum atomic E-state index is 0.721. The van der Waals surface area contributed by atoms with Gasteiger partial charge in [0.1, 0.15) is 23.0 Å². The van der Waals surface area contributed by atoms with Crippen molar-refractivity contribution >= 4 is 38.4 Å². The highest BCUT2D eigenvalue weighted by atomic mass is 16.5. The van der Waals surface area contributed by atoms with Gasteiger partial charge in [0.25, 0.3) is 0 Å². The van der Waals surface area contributed by atoms with Crippen LogP contribution in [0.1, 0.15) is 24.2 Å². The lowest BCUT2D eigenvalue weighted by Gasteiger charge is -2.12. The molecule has 6 aromatic rings. The molecule has 0 fully saturated rings. The number of anilines is 1. The fraction of sp³-hybridized carbons (Fsp3) is 0.179. The summed E-state index contributed by atoms with van der Waals surface area (Å²) < 4.78 is 11.3. The number of nitrogens with two attached hydrogens (primary N) is 1. The van der Waals surface area contributed by atoms with Gasteiger partial charge >= 0.3 is 0 Å². The van der Waals surface area contributed by atoms with Crippen molar-refractivity contribution in [3.8, 4) is 28.1 Å². The van der Waals surface area contributed by atoms with Gasteiger partial charge in [-0.05, 0) is 37.4 Å². The zero-order valence-corrected chi connectivity index (χ0v) is 20.1. The van der Waals surface area contributed by atoms with Crippen LogP contribution in [0, 0.1) is 13.8 Å². The van der Waals surface area contributed by atoms with Gasteiger partial charge in [-0.1, -0.05) is 42.4 Å². The molecule has 0 amide bonds. The molecule has 0 aliphatic heterocycles. The number of hydrogen-bond acceptors (Lipinski definition) is 6. The highest BCUT2D eigenvalue weighted by Crippen LogP contribution is 2.42. The van der Waals surface area contributed by atoms with Crippen molar-refractivity contribution in [1.29, 1.82) is 0 Å². The molecule has 174 valence electrons. The Balaban J connectivity index is 1.72. The second kappa shape index (κ2) is 7.84. The zero-order chi connectivity index (χ0) is 24.3. The van der Waals surface area contributed by atoms with Gasteiger partial charge in [-0.15, -0.1) is 0 Å². The van der Waals surface area contributed by atoms with Gasteiger partial charge in [-0.3, -0.25) is 0 Å². The number of H-pyrrole nitrogens is 1. The van der Waals surface area contributed by atoms with Crippen molar-refractivity contribution in [3.63, 3.8) is 0 Å². The van der Waals surface area contributed by atoms with E-state index in [0.717, 1.165) is 90.2 Å². The molecule has 0 aliphatic rings. The summed E-state index contributed by atoms with van der Waals surface area (Å²) in [7, 11) is 1.68. The number of aromatic nitrogens is 4. The highest BCUT2D eigenvalue weighted by Gasteiger charge is 2.22. The van der Waals surface area contributed by atoms with E-state index in [4.69, 9.17) is 25.0 Å². The smallest absolute Gasteiger partial charge is 0.142 e. The number of nitrogens with zero attached hydrogens (tertiary/aromatic N) is 3. The number of fused-ring (bicyclic) bond motifs is 4. The second-order valence-electron chi connectivity index (χ2n) is 8.74. The molecule has 0 aliphatic carbocycles. The zero-order valence-electron chi connectivity index (χ0n) is 20.1. The quantitative estimate of drug-likeness (QED) is 0.295. The Bertz CT molecular complexity index is 1740. The predicted octanol–water partition coefficient (Wildman–Crippen LogP) is 6.36. The van der Waals surface area contributed by atoms with Crippen molar-refractivity contribution < 1.29 is 9.26 Å². The summed E-state index contributed by atoms with van der Waals surface area (Å²) in [6.45, 7) is 5.91. The summed E-state index contributed by atoms with van der Waals surface area (Å²) in [6, 6.07) is 16.3. The summed E-state index contributed by atoms with van der Waals surface area (Å²) in [6.07, 6.45) is 0.721. The van der Waals surface area contributed by atoms with E-state index in [-0.39, 0.29) is 0 Å². The average Bonchev–Trinajstić information content (AvgIpc) is 3.41. The lowest BCUT2D eigenvalue weighted by atomic mass is 9.97. The Morgan fingerprint density at radius 2 is 1.77 bits per heavy atom. The van der Waals surface area contributed by atoms with Crippen LogP contribution in [-0.4, -0.2) is 27.2 Å². The Kier molecular flexibility index (Phi) is 4.74. The van der Waals surface area contributed by atoms with E-state index in [9.17, 15) is 0 Å². The van der Waals surface area contributed by atoms with Crippen LogP contribution in [0.4, 0.5) is 5.69 Å². The van der Waals surface area contributed by atoms with Gasteiger partial charge in [0.05, 0.1) is 29.4 Å². The van der Waals surface area contributed by atoms with E-state index < -0.39 is 0 Å². The average molecular weight is 464 g/mol. The van der Waals surface area contributed by atoms with Crippen LogP contribution in [0.2, 0.25) is 0 Å². The molecule has 0 spiro atoms. The summed E-state index contributed by atoms with van der Waals surface area (Å²) in [4.78, 5) is 13.4. The number of rotatable bonds is 4. The van der Waals surface area contributed by atoms with Crippen LogP contribution in [-0.2, 0) is 6.42 Å². The molecule has 6 rings (SSSR count). The van der Waals surface area contributed by atoms with Crippen LogP contribution >= 0.6 is 0 Å². The van der Waals surface area contributed by atoms with E-state index in [2.05, 4.69) is 29.2 Å². The normalized spacial score (nSPS) is 11.7. The first kappa shape index (κ1) is 21.2. The van der Waals surface area contributed by atoms with Crippen molar-refractivity contribution in [3.05, 3.63) is 65.8 Å². The van der Waals surface area contributed by atoms with Crippen LogP contribution in [0.3, 0.4) is 0 Å². The third-order valence-electron chi connectivity index (χ3n) is 6.65. The van der Waals surface area contributed by atoms with Gasteiger partial charge in [0.2, 0.25) is 0 Å². The summed E-state index contributed by atoms with van der Waals surface area (Å²) in [5.41, 5.74) is 13.4. The number of nitrogens with one attached hydrogen (secondary N) is 1. The SMILES string of the molecule is CCc1nc(-c2ccc(N)c3ccccc23)c2c(n1)[nH]c1cc(-c3c(C)noc3C)c(OC)cc12. The highest BCUT2D eigenvalue weighted by molar-refractivity contribution is 6.16. The largest absolute Gasteiger partial charge is 0.496 e. The van der Waals surface area contributed by atoms with Gasteiger partial charge in [-0.25, -0.2) is 9.97 Å². The van der Waals surface area contributed by atoms with Crippen LogP contribution in [0.25, 0.3) is 55.1 Å². The first-order valence-electron chi connectivity index (χ1n) is 11.6. The van der Waals surface area contributed by atoms with E-state index in [1.807, 2.05) is 50.2 Å². The minimum absolute atomic E-state index is 0.721. The number of aryl methyl sites for hydroxylation is 3. The van der Waals surface area contributed by atoms with E-state index in [0.29, 0.717) is 0 Å². The second-order valence-corrected chi connectivity index (χ2v) is 8.74. The minimum Gasteiger partial charge on any atom is -0.496 e. The fourth-order valence-corrected chi connectivity index (χ4v) is 4.98. The lowest BCUT2D eigenvalue weighted by molar-refractivity contribution is 0.393.